The fourth-order valence-corrected chi connectivity index (χ4v) is 5.04. The van der Waals surface area contributed by atoms with Crippen LogP contribution in [0.3, 0.4) is 0 Å². The van der Waals surface area contributed by atoms with Crippen molar-refractivity contribution >= 4 is 51.8 Å². The number of primary amides is 1. The molecule has 1 aliphatic rings. The first-order valence-corrected chi connectivity index (χ1v) is 12.2. The lowest BCUT2D eigenvalue weighted by Gasteiger charge is -2.34. The summed E-state index contributed by atoms with van der Waals surface area (Å²) in [5, 5.41) is 0.804. The Kier molecular flexibility index (Phi) is 6.70. The molecule has 0 radical (unpaired) electrons. The first-order chi connectivity index (χ1) is 17.7. The number of carbonyl (C=O) groups excluding carboxylic acids is 1. The van der Waals surface area contributed by atoms with Gasteiger partial charge in [0.2, 0.25) is 5.75 Å². The van der Waals surface area contributed by atoms with Gasteiger partial charge >= 0.3 is 6.03 Å². The van der Waals surface area contributed by atoms with E-state index in [1.807, 2.05) is 12.1 Å². The van der Waals surface area contributed by atoms with E-state index in [0.29, 0.717) is 42.7 Å². The van der Waals surface area contributed by atoms with Crippen LogP contribution in [0.15, 0.2) is 47.3 Å². The quantitative estimate of drug-likeness (QED) is 0.328. The smallest absolute Gasteiger partial charge is 0.314 e. The zero-order valence-corrected chi connectivity index (χ0v) is 21.3. The third kappa shape index (κ3) is 4.70. The van der Waals surface area contributed by atoms with Gasteiger partial charge in [0.05, 0.1) is 16.7 Å². The van der Waals surface area contributed by atoms with Crippen molar-refractivity contribution in [3.63, 3.8) is 0 Å². The number of nitrogens with zero attached hydrogens (tertiary/aromatic N) is 4. The molecule has 1 atom stereocenters. The van der Waals surface area contributed by atoms with Gasteiger partial charge in [0, 0.05) is 60.3 Å². The van der Waals surface area contributed by atoms with E-state index in [0.717, 1.165) is 16.9 Å². The number of nitrogens with two attached hydrogens (primary N) is 2. The Morgan fingerprint density at radius 1 is 1.14 bits per heavy atom. The van der Waals surface area contributed by atoms with Crippen molar-refractivity contribution in [2.24, 2.45) is 5.73 Å². The summed E-state index contributed by atoms with van der Waals surface area (Å²) in [6.07, 6.45) is 4.18. The average molecular weight is 545 g/mol. The molecule has 0 saturated carbocycles. The lowest BCUT2D eigenvalue weighted by atomic mass is 10.1. The molecule has 4 aromatic rings. The second-order valence-corrected chi connectivity index (χ2v) is 9.38. The van der Waals surface area contributed by atoms with Gasteiger partial charge in [-0.2, -0.15) is 0 Å². The minimum absolute atomic E-state index is 0.104. The molecule has 5 rings (SSSR count). The van der Waals surface area contributed by atoms with Crippen LogP contribution in [0.5, 0.6) is 5.75 Å². The summed E-state index contributed by atoms with van der Waals surface area (Å²) in [6.45, 7) is 4.06. The highest BCUT2D eigenvalue weighted by molar-refractivity contribution is 6.36. The summed E-state index contributed by atoms with van der Waals surface area (Å²) in [5.41, 5.74) is 13.7. The molecule has 4 N–H and O–H groups in total. The van der Waals surface area contributed by atoms with Gasteiger partial charge in [-0.25, -0.2) is 19.2 Å². The Morgan fingerprint density at radius 2 is 1.89 bits per heavy atom. The molecule has 0 spiro atoms. The van der Waals surface area contributed by atoms with Crippen LogP contribution in [0.2, 0.25) is 10.0 Å². The molecule has 1 aliphatic heterocycles. The Morgan fingerprint density at radius 3 is 2.57 bits per heavy atom. The first kappa shape index (κ1) is 24.9. The summed E-state index contributed by atoms with van der Waals surface area (Å²) in [5.74, 6) is 0.494. The predicted molar refractivity (Wildman–Crippen MR) is 140 cm³/mol. The molecule has 0 bridgehead atoms. The number of aromatic nitrogens is 2. The summed E-state index contributed by atoms with van der Waals surface area (Å²) in [6, 6.07) is 6.03. The van der Waals surface area contributed by atoms with Gasteiger partial charge in [-0.15, -0.1) is 0 Å². The molecule has 0 unspecified atom stereocenters. The number of benzene rings is 1. The number of hydrogen-bond donors (Lipinski definition) is 2. The van der Waals surface area contributed by atoms with Gasteiger partial charge in [-0.1, -0.05) is 23.2 Å². The van der Waals surface area contributed by atoms with Crippen molar-refractivity contribution in [1.29, 1.82) is 0 Å². The monoisotopic (exact) mass is 544 g/mol. The van der Waals surface area contributed by atoms with Crippen LogP contribution in [0.1, 0.15) is 18.6 Å². The van der Waals surface area contributed by atoms with Crippen molar-refractivity contribution in [2.75, 3.05) is 36.8 Å². The summed E-state index contributed by atoms with van der Waals surface area (Å²) in [4.78, 5) is 23.9. The molecule has 1 fully saturated rings. The van der Waals surface area contributed by atoms with E-state index in [9.17, 15) is 9.18 Å². The van der Waals surface area contributed by atoms with Crippen LogP contribution in [-0.4, -0.2) is 47.1 Å². The number of amides is 2. The van der Waals surface area contributed by atoms with Gasteiger partial charge in [0.1, 0.15) is 17.7 Å². The standard InChI is InChI=1S/C25H23Cl2FN6O3/c1-13(20-17(26)3-4-18(28)21(20)27)37-23-22-15(11-32-24(23)29)16(12-36-22)14-2-5-19(31-10-14)33-6-8-34(9-7-33)25(30)35/h2-5,10-13H,6-9H2,1H3,(H2,29,32)(H2,30,35)/t13-/m1/s1. The zero-order chi connectivity index (χ0) is 26.3. The molecule has 2 amide bonds. The van der Waals surface area contributed by atoms with Crippen molar-refractivity contribution < 1.29 is 18.3 Å². The van der Waals surface area contributed by atoms with Gasteiger partial charge < -0.3 is 30.4 Å². The highest BCUT2D eigenvalue weighted by atomic mass is 35.5. The Hall–Kier alpha value is -3.76. The number of hydrogen-bond acceptors (Lipinski definition) is 7. The Bertz CT molecular complexity index is 1470. The van der Waals surface area contributed by atoms with E-state index in [1.165, 1.54) is 12.1 Å². The fourth-order valence-electron chi connectivity index (χ4n) is 4.36. The van der Waals surface area contributed by atoms with Crippen LogP contribution >= 0.6 is 23.2 Å². The van der Waals surface area contributed by atoms with Gasteiger partial charge in [-0.3, -0.25) is 0 Å². The van der Waals surface area contributed by atoms with Crippen LogP contribution in [0.4, 0.5) is 20.8 Å². The molecule has 12 heteroatoms. The molecule has 1 saturated heterocycles. The Labute approximate surface area is 221 Å². The van der Waals surface area contributed by atoms with E-state index in [2.05, 4.69) is 14.9 Å². The summed E-state index contributed by atoms with van der Waals surface area (Å²) in [7, 11) is 0. The average Bonchev–Trinajstić information content (AvgIpc) is 3.33. The Balaban J connectivity index is 1.41. The number of nitrogen functional groups attached to an aromatic ring is 1. The number of halogens is 3. The second kappa shape index (κ2) is 9.95. The normalized spacial score (nSPS) is 14.7. The van der Waals surface area contributed by atoms with Crippen molar-refractivity contribution in [2.45, 2.75) is 13.0 Å². The highest BCUT2D eigenvalue weighted by Gasteiger charge is 2.24. The van der Waals surface area contributed by atoms with E-state index >= 15 is 0 Å². The zero-order valence-electron chi connectivity index (χ0n) is 19.7. The van der Waals surface area contributed by atoms with Crippen LogP contribution in [-0.2, 0) is 0 Å². The van der Waals surface area contributed by atoms with E-state index in [-0.39, 0.29) is 21.6 Å². The molecule has 3 aromatic heterocycles. The van der Waals surface area contributed by atoms with Gasteiger partial charge in [-0.05, 0) is 31.2 Å². The summed E-state index contributed by atoms with van der Waals surface area (Å²) >= 11 is 12.4. The predicted octanol–water partition coefficient (Wildman–Crippen LogP) is 5.26. The van der Waals surface area contributed by atoms with Crippen LogP contribution in [0, 0.1) is 5.82 Å². The highest BCUT2D eigenvalue weighted by Crippen LogP contribution is 2.41. The molecule has 9 nitrogen and oxygen atoms in total. The van der Waals surface area contributed by atoms with Crippen LogP contribution in [0.25, 0.3) is 22.1 Å². The molecular weight excluding hydrogens is 522 g/mol. The molecular formula is C25H23Cl2FN6O3. The number of fused-ring (bicyclic) bond motifs is 1. The summed E-state index contributed by atoms with van der Waals surface area (Å²) < 4.78 is 25.9. The van der Waals surface area contributed by atoms with E-state index in [4.69, 9.17) is 43.8 Å². The van der Waals surface area contributed by atoms with E-state index in [1.54, 1.807) is 30.5 Å². The van der Waals surface area contributed by atoms with Crippen molar-refractivity contribution in [1.82, 2.24) is 14.9 Å². The molecule has 192 valence electrons. The molecule has 0 aliphatic carbocycles. The van der Waals surface area contributed by atoms with Crippen molar-refractivity contribution in [3.05, 3.63) is 64.3 Å². The minimum Gasteiger partial charge on any atom is -0.478 e. The molecule has 1 aromatic carbocycles. The largest absolute Gasteiger partial charge is 0.478 e. The number of piperazine rings is 1. The third-order valence-corrected chi connectivity index (χ3v) is 7.07. The number of ether oxygens (including phenoxy) is 1. The lowest BCUT2D eigenvalue weighted by Crippen LogP contribution is -2.50. The molecule has 4 heterocycles. The number of rotatable bonds is 5. The van der Waals surface area contributed by atoms with E-state index < -0.39 is 18.0 Å². The van der Waals surface area contributed by atoms with Gasteiger partial charge in [0.15, 0.2) is 11.4 Å². The first-order valence-electron chi connectivity index (χ1n) is 11.5. The maximum atomic E-state index is 14.0. The number of urea groups is 1. The SMILES string of the molecule is C[C@@H](Oc1c(N)ncc2c(-c3ccc(N4CCN(C(N)=O)CC4)nc3)coc12)c1c(Cl)ccc(F)c1Cl. The fraction of sp³-hybridized carbons (Fsp3) is 0.240. The third-order valence-electron chi connectivity index (χ3n) is 6.36. The van der Waals surface area contributed by atoms with Crippen LogP contribution < -0.4 is 21.1 Å². The second-order valence-electron chi connectivity index (χ2n) is 8.60. The van der Waals surface area contributed by atoms with Gasteiger partial charge in [0.25, 0.3) is 0 Å². The minimum atomic E-state index is -0.741. The number of furan rings is 1. The number of pyridine rings is 2. The molecule has 37 heavy (non-hydrogen) atoms. The van der Waals surface area contributed by atoms with Crippen molar-refractivity contribution in [3.8, 4) is 16.9 Å². The maximum Gasteiger partial charge on any atom is 0.314 e. The number of anilines is 2. The lowest BCUT2D eigenvalue weighted by molar-refractivity contribution is 0.204. The maximum absolute atomic E-state index is 14.0. The number of carbonyl (C=O) groups is 1. The topological polar surface area (TPSA) is 124 Å².